The number of hydrogen-bond acceptors (Lipinski definition) is 7. The van der Waals surface area contributed by atoms with Crippen LogP contribution in [0.3, 0.4) is 0 Å². The van der Waals surface area contributed by atoms with Crippen molar-refractivity contribution >= 4 is 17.5 Å². The van der Waals surface area contributed by atoms with Gasteiger partial charge in [-0.05, 0) is 38.4 Å². The molecule has 0 fully saturated rings. The van der Waals surface area contributed by atoms with E-state index in [0.29, 0.717) is 11.8 Å². The highest BCUT2D eigenvalue weighted by Crippen LogP contribution is 2.24. The lowest BCUT2D eigenvalue weighted by Crippen LogP contribution is -2.21. The van der Waals surface area contributed by atoms with Crippen LogP contribution in [-0.4, -0.2) is 54.1 Å². The number of nitrogens with zero attached hydrogens (tertiary/aromatic N) is 4. The van der Waals surface area contributed by atoms with E-state index < -0.39 is 0 Å². The summed E-state index contributed by atoms with van der Waals surface area (Å²) in [5.41, 5.74) is 2.44. The molecule has 0 spiro atoms. The minimum Gasteiger partial charge on any atom is -0.497 e. The van der Waals surface area contributed by atoms with Crippen molar-refractivity contribution in [1.82, 2.24) is 19.9 Å². The molecule has 0 saturated carbocycles. The van der Waals surface area contributed by atoms with Gasteiger partial charge in [-0.3, -0.25) is 4.98 Å². The summed E-state index contributed by atoms with van der Waals surface area (Å²) >= 11 is 0. The van der Waals surface area contributed by atoms with Crippen LogP contribution < -0.4 is 15.4 Å². The first-order valence-corrected chi connectivity index (χ1v) is 8.74. The monoisotopic (exact) mass is 364 g/mol. The largest absolute Gasteiger partial charge is 0.497 e. The molecule has 27 heavy (non-hydrogen) atoms. The molecule has 3 aromatic rings. The van der Waals surface area contributed by atoms with Crippen molar-refractivity contribution < 1.29 is 4.74 Å². The lowest BCUT2D eigenvalue weighted by Gasteiger charge is -2.13. The van der Waals surface area contributed by atoms with Crippen LogP contribution in [0.4, 0.5) is 17.5 Å². The second-order valence-electron chi connectivity index (χ2n) is 6.26. The third-order valence-corrected chi connectivity index (χ3v) is 3.84. The Balaban J connectivity index is 1.88. The highest BCUT2D eigenvalue weighted by molar-refractivity contribution is 5.65. The normalized spacial score (nSPS) is 10.7. The third kappa shape index (κ3) is 5.39. The number of benzene rings is 1. The summed E-state index contributed by atoms with van der Waals surface area (Å²) < 4.78 is 5.29. The number of hydrogen-bond donors (Lipinski definition) is 2. The smallest absolute Gasteiger partial charge is 0.225 e. The average Bonchev–Trinajstić information content (AvgIpc) is 2.68. The number of nitrogens with one attached hydrogen (secondary N) is 2. The van der Waals surface area contributed by atoms with Crippen LogP contribution in [0, 0.1) is 0 Å². The van der Waals surface area contributed by atoms with Gasteiger partial charge in [-0.1, -0.05) is 12.1 Å². The second-order valence-corrected chi connectivity index (χ2v) is 6.26. The van der Waals surface area contributed by atoms with Gasteiger partial charge in [0.1, 0.15) is 11.6 Å². The minimum atomic E-state index is 0.561. The molecule has 0 radical (unpaired) electrons. The van der Waals surface area contributed by atoms with Gasteiger partial charge in [-0.25, -0.2) is 4.98 Å². The predicted octanol–water partition coefficient (Wildman–Crippen LogP) is 3.26. The number of ether oxygens (including phenoxy) is 1. The van der Waals surface area contributed by atoms with E-state index in [1.807, 2.05) is 62.6 Å². The van der Waals surface area contributed by atoms with Gasteiger partial charge in [0, 0.05) is 37.1 Å². The van der Waals surface area contributed by atoms with E-state index in [-0.39, 0.29) is 0 Å². The van der Waals surface area contributed by atoms with Gasteiger partial charge in [-0.2, -0.15) is 4.98 Å². The average molecular weight is 364 g/mol. The van der Waals surface area contributed by atoms with Crippen molar-refractivity contribution in [3.05, 3.63) is 54.7 Å². The van der Waals surface area contributed by atoms with E-state index in [0.717, 1.165) is 35.9 Å². The fraction of sp³-hybridized carbons (Fsp3) is 0.250. The molecular formula is C20H24N6O. The molecule has 0 unspecified atom stereocenters. The minimum absolute atomic E-state index is 0.561. The maximum Gasteiger partial charge on any atom is 0.225 e. The molecule has 2 aromatic heterocycles. The molecule has 7 nitrogen and oxygen atoms in total. The Kier molecular flexibility index (Phi) is 6.17. The van der Waals surface area contributed by atoms with E-state index >= 15 is 0 Å². The Bertz CT molecular complexity index is 869. The van der Waals surface area contributed by atoms with Gasteiger partial charge < -0.3 is 20.3 Å². The van der Waals surface area contributed by atoms with E-state index in [4.69, 9.17) is 4.74 Å². The zero-order valence-corrected chi connectivity index (χ0v) is 15.8. The Hall–Kier alpha value is -3.19. The van der Waals surface area contributed by atoms with Crippen LogP contribution >= 0.6 is 0 Å². The van der Waals surface area contributed by atoms with Gasteiger partial charge in [-0.15, -0.1) is 0 Å². The molecule has 0 amide bonds. The zero-order valence-electron chi connectivity index (χ0n) is 15.8. The van der Waals surface area contributed by atoms with Gasteiger partial charge in [0.2, 0.25) is 5.95 Å². The molecule has 0 saturated heterocycles. The molecule has 0 aliphatic carbocycles. The van der Waals surface area contributed by atoms with E-state index in [9.17, 15) is 0 Å². The molecule has 2 heterocycles. The molecule has 0 aliphatic heterocycles. The number of pyridine rings is 1. The van der Waals surface area contributed by atoms with Crippen molar-refractivity contribution in [2.45, 2.75) is 0 Å². The molecule has 140 valence electrons. The number of likely N-dealkylation sites (N-methyl/N-ethyl adjacent to an activating group) is 1. The van der Waals surface area contributed by atoms with Crippen LogP contribution in [0.5, 0.6) is 5.75 Å². The summed E-state index contributed by atoms with van der Waals surface area (Å²) in [5, 5.41) is 6.60. The Morgan fingerprint density at radius 1 is 1.00 bits per heavy atom. The first kappa shape index (κ1) is 18.6. The topological polar surface area (TPSA) is 75.2 Å². The fourth-order valence-electron chi connectivity index (χ4n) is 2.48. The van der Waals surface area contributed by atoms with Crippen molar-refractivity contribution in [2.24, 2.45) is 0 Å². The number of aromatic nitrogens is 3. The summed E-state index contributed by atoms with van der Waals surface area (Å²) in [6.07, 6.45) is 1.76. The lowest BCUT2D eigenvalue weighted by molar-refractivity contribution is 0.415. The van der Waals surface area contributed by atoms with E-state index in [2.05, 4.69) is 30.5 Å². The molecule has 0 atom stereocenters. The van der Waals surface area contributed by atoms with Crippen molar-refractivity contribution in [2.75, 3.05) is 44.9 Å². The Morgan fingerprint density at radius 3 is 2.63 bits per heavy atom. The maximum atomic E-state index is 5.29. The summed E-state index contributed by atoms with van der Waals surface area (Å²) in [5.74, 6) is 2.03. The summed E-state index contributed by atoms with van der Waals surface area (Å²) in [7, 11) is 5.71. The molecule has 0 bridgehead atoms. The predicted molar refractivity (Wildman–Crippen MR) is 109 cm³/mol. The highest BCUT2D eigenvalue weighted by Gasteiger charge is 2.08. The number of rotatable bonds is 8. The van der Waals surface area contributed by atoms with Crippen molar-refractivity contribution in [3.63, 3.8) is 0 Å². The standard InChI is InChI=1S/C20H24N6O/c1-26(2)12-11-22-20-24-18(17-9-4-5-10-21-17)14-19(25-20)23-15-7-6-8-16(13-15)27-3/h4-10,13-14H,11-12H2,1-3H3,(H2,22,23,24,25). The van der Waals surface area contributed by atoms with Crippen LogP contribution in [-0.2, 0) is 0 Å². The van der Waals surface area contributed by atoms with Gasteiger partial charge >= 0.3 is 0 Å². The molecule has 0 aliphatic rings. The van der Waals surface area contributed by atoms with Crippen LogP contribution in [0.1, 0.15) is 0 Å². The van der Waals surface area contributed by atoms with Crippen molar-refractivity contribution in [3.8, 4) is 17.1 Å². The van der Waals surface area contributed by atoms with Gasteiger partial charge in [0.25, 0.3) is 0 Å². The first-order chi connectivity index (χ1) is 13.1. The lowest BCUT2D eigenvalue weighted by atomic mass is 10.2. The van der Waals surface area contributed by atoms with Gasteiger partial charge in [0.15, 0.2) is 0 Å². The molecular weight excluding hydrogens is 340 g/mol. The zero-order chi connectivity index (χ0) is 19.1. The highest BCUT2D eigenvalue weighted by atomic mass is 16.5. The molecule has 7 heteroatoms. The summed E-state index contributed by atoms with van der Waals surface area (Å²) in [4.78, 5) is 15.7. The quantitative estimate of drug-likeness (QED) is 0.635. The van der Waals surface area contributed by atoms with Crippen LogP contribution in [0.15, 0.2) is 54.7 Å². The van der Waals surface area contributed by atoms with Crippen LogP contribution in [0.25, 0.3) is 11.4 Å². The maximum absolute atomic E-state index is 5.29. The second kappa shape index (κ2) is 8.95. The SMILES string of the molecule is COc1cccc(Nc2cc(-c3ccccn3)nc(NCCN(C)C)n2)c1. The fourth-order valence-corrected chi connectivity index (χ4v) is 2.48. The van der Waals surface area contributed by atoms with E-state index in [1.54, 1.807) is 13.3 Å². The van der Waals surface area contributed by atoms with E-state index in [1.165, 1.54) is 0 Å². The molecule has 3 rings (SSSR count). The third-order valence-electron chi connectivity index (χ3n) is 3.84. The Labute approximate surface area is 159 Å². The number of anilines is 3. The molecule has 2 N–H and O–H groups in total. The molecule has 1 aromatic carbocycles. The summed E-state index contributed by atoms with van der Waals surface area (Å²) in [6.45, 7) is 1.63. The van der Waals surface area contributed by atoms with Crippen LogP contribution in [0.2, 0.25) is 0 Å². The van der Waals surface area contributed by atoms with Gasteiger partial charge in [0.05, 0.1) is 18.5 Å². The van der Waals surface area contributed by atoms with Crippen molar-refractivity contribution in [1.29, 1.82) is 0 Å². The Morgan fingerprint density at radius 2 is 1.89 bits per heavy atom. The number of methoxy groups -OCH3 is 1. The summed E-state index contributed by atoms with van der Waals surface area (Å²) in [6, 6.07) is 15.4. The first-order valence-electron chi connectivity index (χ1n) is 8.74.